The minimum Gasteiger partial charge on any atom is -0.466 e. The molecule has 0 fully saturated rings. The first kappa shape index (κ1) is 13.3. The number of ether oxygens (including phenoxy) is 1. The van der Waals surface area contributed by atoms with Crippen LogP contribution >= 0.6 is 0 Å². The van der Waals surface area contributed by atoms with Gasteiger partial charge in [-0.3, -0.25) is 4.79 Å². The summed E-state index contributed by atoms with van der Waals surface area (Å²) in [6.07, 6.45) is -4.72. The zero-order chi connectivity index (χ0) is 13.1. The van der Waals surface area contributed by atoms with Gasteiger partial charge in [-0.1, -0.05) is 6.07 Å². The summed E-state index contributed by atoms with van der Waals surface area (Å²) in [5, 5.41) is 0. The summed E-state index contributed by atoms with van der Waals surface area (Å²) in [6.45, 7) is 1.82. The average Bonchev–Trinajstić information content (AvgIpc) is 2.19. The number of anilines is 1. The minimum atomic E-state index is -4.52. The van der Waals surface area contributed by atoms with E-state index in [0.29, 0.717) is 0 Å². The topological polar surface area (TPSA) is 52.3 Å². The largest absolute Gasteiger partial charge is 0.466 e. The molecule has 17 heavy (non-hydrogen) atoms. The smallest absolute Gasteiger partial charge is 0.418 e. The second kappa shape index (κ2) is 5.07. The highest BCUT2D eigenvalue weighted by molar-refractivity contribution is 5.73. The summed E-state index contributed by atoms with van der Waals surface area (Å²) in [6, 6.07) is 3.38. The van der Waals surface area contributed by atoms with Gasteiger partial charge in [-0.15, -0.1) is 0 Å². The Balaban J connectivity index is 2.93. The Morgan fingerprint density at radius 1 is 1.41 bits per heavy atom. The highest BCUT2D eigenvalue weighted by atomic mass is 19.4. The van der Waals surface area contributed by atoms with Gasteiger partial charge in [0.25, 0.3) is 0 Å². The van der Waals surface area contributed by atoms with E-state index in [4.69, 9.17) is 5.73 Å². The molecule has 0 saturated carbocycles. The molecule has 94 valence electrons. The van der Waals surface area contributed by atoms with E-state index in [0.717, 1.165) is 12.1 Å². The number of carbonyl (C=O) groups excluding carboxylic acids is 1. The number of benzene rings is 1. The van der Waals surface area contributed by atoms with E-state index in [1.807, 2.05) is 0 Å². The van der Waals surface area contributed by atoms with E-state index in [2.05, 4.69) is 4.74 Å². The Kier molecular flexibility index (Phi) is 3.98. The quantitative estimate of drug-likeness (QED) is 0.659. The number of alkyl halides is 3. The van der Waals surface area contributed by atoms with Crippen LogP contribution in [-0.4, -0.2) is 12.6 Å². The molecular formula is C11H12F3NO2. The third-order valence-corrected chi connectivity index (χ3v) is 2.08. The summed E-state index contributed by atoms with van der Waals surface area (Å²) < 4.78 is 42.2. The molecule has 0 saturated heterocycles. The molecule has 3 nitrogen and oxygen atoms in total. The number of rotatable bonds is 3. The Bertz CT molecular complexity index is 416. The van der Waals surface area contributed by atoms with Crippen molar-refractivity contribution in [1.29, 1.82) is 0 Å². The van der Waals surface area contributed by atoms with Crippen molar-refractivity contribution in [3.63, 3.8) is 0 Å². The van der Waals surface area contributed by atoms with Crippen molar-refractivity contribution in [3.05, 3.63) is 29.3 Å². The fourth-order valence-electron chi connectivity index (χ4n) is 1.34. The van der Waals surface area contributed by atoms with E-state index in [1.165, 1.54) is 6.07 Å². The van der Waals surface area contributed by atoms with Gasteiger partial charge in [0.2, 0.25) is 0 Å². The Morgan fingerprint density at radius 3 is 2.59 bits per heavy atom. The van der Waals surface area contributed by atoms with Gasteiger partial charge in [-0.2, -0.15) is 13.2 Å². The van der Waals surface area contributed by atoms with E-state index in [-0.39, 0.29) is 24.3 Å². The fraction of sp³-hybridized carbons (Fsp3) is 0.364. The van der Waals surface area contributed by atoms with Gasteiger partial charge in [0.15, 0.2) is 0 Å². The van der Waals surface area contributed by atoms with Crippen molar-refractivity contribution in [3.8, 4) is 0 Å². The monoisotopic (exact) mass is 247 g/mol. The molecule has 0 unspecified atom stereocenters. The van der Waals surface area contributed by atoms with Crippen LogP contribution in [0.2, 0.25) is 0 Å². The van der Waals surface area contributed by atoms with Crippen molar-refractivity contribution in [2.24, 2.45) is 0 Å². The first-order valence-corrected chi connectivity index (χ1v) is 4.95. The van der Waals surface area contributed by atoms with Crippen molar-refractivity contribution in [1.82, 2.24) is 0 Å². The first-order valence-electron chi connectivity index (χ1n) is 4.95. The molecule has 6 heteroatoms. The van der Waals surface area contributed by atoms with Crippen LogP contribution in [0.25, 0.3) is 0 Å². The molecule has 2 N–H and O–H groups in total. The molecule has 0 heterocycles. The van der Waals surface area contributed by atoms with Gasteiger partial charge < -0.3 is 10.5 Å². The number of halogens is 3. The van der Waals surface area contributed by atoms with Crippen LogP contribution in [0.15, 0.2) is 18.2 Å². The normalized spacial score (nSPS) is 11.3. The predicted octanol–water partition coefficient (Wildman–Crippen LogP) is 2.39. The lowest BCUT2D eigenvalue weighted by Gasteiger charge is -2.11. The molecule has 0 aliphatic carbocycles. The zero-order valence-corrected chi connectivity index (χ0v) is 9.17. The number of nitrogens with two attached hydrogens (primary N) is 1. The Labute approximate surface area is 96.4 Å². The van der Waals surface area contributed by atoms with E-state index < -0.39 is 17.7 Å². The number of hydrogen-bond donors (Lipinski definition) is 1. The average molecular weight is 247 g/mol. The number of carbonyl (C=O) groups is 1. The van der Waals surface area contributed by atoms with E-state index in [9.17, 15) is 18.0 Å². The van der Waals surface area contributed by atoms with Crippen molar-refractivity contribution in [2.45, 2.75) is 19.5 Å². The molecule has 0 aliphatic rings. The highest BCUT2D eigenvalue weighted by Gasteiger charge is 2.33. The molecule has 1 rings (SSSR count). The summed E-state index contributed by atoms with van der Waals surface area (Å²) >= 11 is 0. The molecule has 0 aliphatic heterocycles. The lowest BCUT2D eigenvalue weighted by molar-refractivity contribution is -0.142. The second-order valence-electron chi connectivity index (χ2n) is 3.40. The second-order valence-corrected chi connectivity index (χ2v) is 3.40. The molecule has 0 radical (unpaired) electrons. The molecule has 0 atom stereocenters. The zero-order valence-electron chi connectivity index (χ0n) is 9.17. The van der Waals surface area contributed by atoms with E-state index in [1.54, 1.807) is 6.92 Å². The maximum Gasteiger partial charge on any atom is 0.418 e. The lowest BCUT2D eigenvalue weighted by atomic mass is 10.1. The third kappa shape index (κ3) is 3.65. The summed E-state index contributed by atoms with van der Waals surface area (Å²) in [4.78, 5) is 11.1. The van der Waals surface area contributed by atoms with Gasteiger partial charge in [0.05, 0.1) is 18.6 Å². The fourth-order valence-corrected chi connectivity index (χ4v) is 1.34. The van der Waals surface area contributed by atoms with Gasteiger partial charge in [-0.25, -0.2) is 0 Å². The molecule has 1 aromatic carbocycles. The van der Waals surface area contributed by atoms with Crippen LogP contribution in [-0.2, 0) is 22.1 Å². The number of hydrogen-bond acceptors (Lipinski definition) is 3. The molecule has 0 aromatic heterocycles. The van der Waals surface area contributed by atoms with Crippen molar-refractivity contribution < 1.29 is 22.7 Å². The van der Waals surface area contributed by atoms with Crippen molar-refractivity contribution >= 4 is 11.7 Å². The molecule has 0 amide bonds. The van der Waals surface area contributed by atoms with Gasteiger partial charge in [0, 0.05) is 5.69 Å². The number of esters is 1. The van der Waals surface area contributed by atoms with Gasteiger partial charge in [-0.05, 0) is 24.6 Å². The van der Waals surface area contributed by atoms with Crippen LogP contribution < -0.4 is 5.73 Å². The molecule has 1 aromatic rings. The van der Waals surface area contributed by atoms with E-state index >= 15 is 0 Å². The summed E-state index contributed by atoms with van der Waals surface area (Å²) in [5.74, 6) is -0.564. The lowest BCUT2D eigenvalue weighted by Crippen LogP contribution is -2.12. The van der Waals surface area contributed by atoms with Crippen LogP contribution in [0.4, 0.5) is 18.9 Å². The molecule has 0 bridgehead atoms. The number of nitrogen functional groups attached to an aromatic ring is 1. The summed E-state index contributed by atoms with van der Waals surface area (Å²) in [7, 11) is 0. The van der Waals surface area contributed by atoms with Crippen LogP contribution in [0.1, 0.15) is 18.1 Å². The van der Waals surface area contributed by atoms with Crippen LogP contribution in [0.5, 0.6) is 0 Å². The van der Waals surface area contributed by atoms with Crippen molar-refractivity contribution in [2.75, 3.05) is 12.3 Å². The maximum atomic E-state index is 12.5. The summed E-state index contributed by atoms with van der Waals surface area (Å²) in [5.41, 5.74) is 4.17. The third-order valence-electron chi connectivity index (χ3n) is 2.08. The first-order chi connectivity index (χ1) is 7.84. The van der Waals surface area contributed by atoms with Crippen LogP contribution in [0, 0.1) is 0 Å². The molecular weight excluding hydrogens is 235 g/mol. The maximum absolute atomic E-state index is 12.5. The minimum absolute atomic E-state index is 0.194. The predicted molar refractivity (Wildman–Crippen MR) is 56.2 cm³/mol. The standard InChI is InChI=1S/C11H12F3NO2/c1-2-17-10(16)6-7-3-4-9(15)8(5-7)11(12,13)14/h3-5H,2,6,15H2,1H3. The Morgan fingerprint density at radius 2 is 2.06 bits per heavy atom. The SMILES string of the molecule is CCOC(=O)Cc1ccc(N)c(C(F)(F)F)c1. The van der Waals surface area contributed by atoms with Crippen LogP contribution in [0.3, 0.4) is 0 Å². The van der Waals surface area contributed by atoms with Gasteiger partial charge in [0.1, 0.15) is 0 Å². The Hall–Kier alpha value is -1.72. The van der Waals surface area contributed by atoms with Gasteiger partial charge >= 0.3 is 12.1 Å². The highest BCUT2D eigenvalue weighted by Crippen LogP contribution is 2.34. The molecule has 0 spiro atoms.